The molecule has 0 saturated carbocycles. The molecule has 0 fully saturated rings. The van der Waals surface area contributed by atoms with Crippen molar-refractivity contribution in [1.29, 1.82) is 0 Å². The van der Waals surface area contributed by atoms with Crippen LogP contribution in [0.4, 0.5) is 0 Å². The number of rotatable bonds is 7. The number of para-hydroxylation sites is 1. The molecule has 2 N–H and O–H groups in total. The maximum absolute atomic E-state index is 10.4. The van der Waals surface area contributed by atoms with Crippen LogP contribution < -0.4 is 4.74 Å². The van der Waals surface area contributed by atoms with Crippen molar-refractivity contribution in [2.45, 2.75) is 13.3 Å². The normalized spacial score (nSPS) is 11.0. The highest BCUT2D eigenvalue weighted by atomic mass is 32.1. The SMILES string of the molecule is C=CCc1cccc(/C=N\n2c(-c3ccc(OCC)cc3)n[nH]c2=S)c1O. The molecule has 2 aromatic carbocycles. The molecule has 0 bridgehead atoms. The molecule has 0 saturated heterocycles. The molecule has 7 heteroatoms. The summed E-state index contributed by atoms with van der Waals surface area (Å²) >= 11 is 5.29. The zero-order valence-corrected chi connectivity index (χ0v) is 15.7. The number of nitrogens with one attached hydrogen (secondary N) is 1. The minimum atomic E-state index is 0.179. The van der Waals surface area contributed by atoms with Crippen molar-refractivity contribution in [2.75, 3.05) is 6.61 Å². The fourth-order valence-electron chi connectivity index (χ4n) is 2.61. The van der Waals surface area contributed by atoms with Gasteiger partial charge in [0.1, 0.15) is 11.5 Å². The lowest BCUT2D eigenvalue weighted by Crippen LogP contribution is -1.96. The van der Waals surface area contributed by atoms with Gasteiger partial charge in [0.15, 0.2) is 5.82 Å². The second-order valence-electron chi connectivity index (χ2n) is 5.71. The molecule has 0 atom stereocenters. The number of aromatic hydroxyl groups is 1. The van der Waals surface area contributed by atoms with E-state index < -0.39 is 0 Å². The summed E-state index contributed by atoms with van der Waals surface area (Å²) in [7, 11) is 0. The van der Waals surface area contributed by atoms with Gasteiger partial charge in [-0.25, -0.2) is 5.10 Å². The molecule has 1 heterocycles. The van der Waals surface area contributed by atoms with Crippen LogP contribution in [0.1, 0.15) is 18.1 Å². The van der Waals surface area contributed by atoms with Crippen LogP contribution in [-0.2, 0) is 6.42 Å². The third-order valence-corrected chi connectivity index (χ3v) is 4.17. The van der Waals surface area contributed by atoms with Crippen LogP contribution in [0.5, 0.6) is 11.5 Å². The number of hydrogen-bond donors (Lipinski definition) is 2. The predicted molar refractivity (Wildman–Crippen MR) is 109 cm³/mol. The van der Waals surface area contributed by atoms with Gasteiger partial charge in [0.2, 0.25) is 4.77 Å². The number of benzene rings is 2. The topological polar surface area (TPSA) is 75.4 Å². The van der Waals surface area contributed by atoms with Gasteiger partial charge in [0, 0.05) is 11.1 Å². The lowest BCUT2D eigenvalue weighted by molar-refractivity contribution is 0.340. The van der Waals surface area contributed by atoms with E-state index in [-0.39, 0.29) is 5.75 Å². The minimum absolute atomic E-state index is 0.179. The maximum atomic E-state index is 10.4. The van der Waals surface area contributed by atoms with E-state index in [1.54, 1.807) is 18.4 Å². The first-order valence-corrected chi connectivity index (χ1v) is 8.91. The maximum Gasteiger partial charge on any atom is 0.216 e. The van der Waals surface area contributed by atoms with Crippen molar-refractivity contribution in [3.63, 3.8) is 0 Å². The summed E-state index contributed by atoms with van der Waals surface area (Å²) < 4.78 is 7.34. The van der Waals surface area contributed by atoms with Crippen molar-refractivity contribution in [1.82, 2.24) is 14.9 Å². The van der Waals surface area contributed by atoms with Crippen molar-refractivity contribution in [3.05, 3.63) is 71.0 Å². The first kappa shape index (κ1) is 18.6. The highest BCUT2D eigenvalue weighted by Crippen LogP contribution is 2.23. The number of phenolic OH excluding ortho intramolecular Hbond substituents is 1. The Morgan fingerprint density at radius 3 is 2.78 bits per heavy atom. The number of hydrogen-bond acceptors (Lipinski definition) is 5. The Kier molecular flexibility index (Phi) is 5.83. The largest absolute Gasteiger partial charge is 0.507 e. The van der Waals surface area contributed by atoms with Gasteiger partial charge in [0.05, 0.1) is 12.8 Å². The van der Waals surface area contributed by atoms with E-state index in [2.05, 4.69) is 21.9 Å². The highest BCUT2D eigenvalue weighted by Gasteiger charge is 2.09. The molecule has 6 nitrogen and oxygen atoms in total. The summed E-state index contributed by atoms with van der Waals surface area (Å²) in [5, 5.41) is 21.8. The van der Waals surface area contributed by atoms with Gasteiger partial charge in [-0.15, -0.1) is 6.58 Å². The zero-order chi connectivity index (χ0) is 19.2. The number of nitrogens with zero attached hydrogens (tertiary/aromatic N) is 3. The van der Waals surface area contributed by atoms with Crippen LogP contribution in [0.25, 0.3) is 11.4 Å². The molecule has 0 unspecified atom stereocenters. The quantitative estimate of drug-likeness (QED) is 0.364. The summed E-state index contributed by atoms with van der Waals surface area (Å²) in [6, 6.07) is 13.0. The second kappa shape index (κ2) is 8.46. The fraction of sp³-hybridized carbons (Fsp3) is 0.150. The molecule has 138 valence electrons. The fourth-order valence-corrected chi connectivity index (χ4v) is 2.79. The Balaban J connectivity index is 1.94. The molecule has 3 aromatic rings. The standard InChI is InChI=1S/C20H20N4O2S/c1-3-6-14-7-5-8-16(18(14)25)13-21-24-19(22-23-20(24)27)15-9-11-17(12-10-15)26-4-2/h3,5,7-13,25H,1,4,6H2,2H3,(H,23,27)/b21-13-. The Hall–Kier alpha value is -3.19. The molecule has 3 rings (SSSR count). The summed E-state index contributed by atoms with van der Waals surface area (Å²) in [5.41, 5.74) is 2.22. The summed E-state index contributed by atoms with van der Waals surface area (Å²) in [5.74, 6) is 1.54. The molecule has 0 aliphatic rings. The van der Waals surface area contributed by atoms with E-state index in [4.69, 9.17) is 17.0 Å². The van der Waals surface area contributed by atoms with Gasteiger partial charge in [-0.3, -0.25) is 0 Å². The Morgan fingerprint density at radius 1 is 1.30 bits per heavy atom. The van der Waals surface area contributed by atoms with Crippen LogP contribution >= 0.6 is 12.2 Å². The van der Waals surface area contributed by atoms with Gasteiger partial charge >= 0.3 is 0 Å². The van der Waals surface area contributed by atoms with Gasteiger partial charge in [0.25, 0.3) is 0 Å². The van der Waals surface area contributed by atoms with E-state index in [1.165, 1.54) is 4.68 Å². The van der Waals surface area contributed by atoms with Gasteiger partial charge in [-0.1, -0.05) is 18.2 Å². The molecule has 0 amide bonds. The second-order valence-corrected chi connectivity index (χ2v) is 6.10. The zero-order valence-electron chi connectivity index (χ0n) is 14.9. The van der Waals surface area contributed by atoms with E-state index in [9.17, 15) is 5.11 Å². The number of phenols is 1. The van der Waals surface area contributed by atoms with E-state index >= 15 is 0 Å². The van der Waals surface area contributed by atoms with Crippen LogP contribution in [0.15, 0.2) is 60.2 Å². The molecular weight excluding hydrogens is 360 g/mol. The number of allylic oxidation sites excluding steroid dienone is 1. The smallest absolute Gasteiger partial charge is 0.216 e. The van der Waals surface area contributed by atoms with Gasteiger partial charge < -0.3 is 9.84 Å². The third kappa shape index (κ3) is 4.15. The molecular formula is C20H20N4O2S. The first-order valence-electron chi connectivity index (χ1n) is 8.50. The third-order valence-electron chi connectivity index (χ3n) is 3.90. The van der Waals surface area contributed by atoms with Gasteiger partial charge in [-0.2, -0.15) is 14.9 Å². The van der Waals surface area contributed by atoms with Crippen molar-refractivity contribution in [3.8, 4) is 22.9 Å². The van der Waals surface area contributed by atoms with Crippen LogP contribution in [0.2, 0.25) is 0 Å². The van der Waals surface area contributed by atoms with Crippen LogP contribution in [-0.4, -0.2) is 32.8 Å². The average molecular weight is 380 g/mol. The predicted octanol–water partition coefficient (Wildman–Crippen LogP) is 4.32. The summed E-state index contributed by atoms with van der Waals surface area (Å²) in [6.07, 6.45) is 3.88. The lowest BCUT2D eigenvalue weighted by atomic mass is 10.1. The molecule has 0 aliphatic carbocycles. The van der Waals surface area contributed by atoms with Crippen LogP contribution in [0, 0.1) is 4.77 Å². The monoisotopic (exact) mass is 380 g/mol. The molecule has 0 aliphatic heterocycles. The average Bonchev–Trinajstić information content (AvgIpc) is 3.04. The van der Waals surface area contributed by atoms with Crippen molar-refractivity contribution in [2.24, 2.45) is 5.10 Å². The van der Waals surface area contributed by atoms with Crippen molar-refractivity contribution >= 4 is 18.4 Å². The molecule has 0 spiro atoms. The number of H-pyrrole nitrogens is 1. The molecule has 1 aromatic heterocycles. The number of ether oxygens (including phenoxy) is 1. The lowest BCUT2D eigenvalue weighted by Gasteiger charge is -2.06. The van der Waals surface area contributed by atoms with Crippen LogP contribution in [0.3, 0.4) is 0 Å². The molecule has 0 radical (unpaired) electrons. The summed E-state index contributed by atoms with van der Waals surface area (Å²) in [4.78, 5) is 0. The minimum Gasteiger partial charge on any atom is -0.507 e. The number of aromatic amines is 1. The summed E-state index contributed by atoms with van der Waals surface area (Å²) in [6.45, 7) is 6.25. The van der Waals surface area contributed by atoms with E-state index in [1.807, 2.05) is 43.3 Å². The Morgan fingerprint density at radius 2 is 2.07 bits per heavy atom. The first-order chi connectivity index (χ1) is 13.1. The van der Waals surface area contributed by atoms with Gasteiger partial charge in [-0.05, 0) is 61.5 Å². The van der Waals surface area contributed by atoms with Crippen molar-refractivity contribution < 1.29 is 9.84 Å². The number of aromatic nitrogens is 3. The highest BCUT2D eigenvalue weighted by molar-refractivity contribution is 7.71. The molecule has 27 heavy (non-hydrogen) atoms. The van der Waals surface area contributed by atoms with E-state index in [0.717, 1.165) is 16.9 Å². The Bertz CT molecular complexity index is 1020. The van der Waals surface area contributed by atoms with E-state index in [0.29, 0.717) is 29.2 Å². The Labute approximate surface area is 162 Å².